The molecule has 2 unspecified atom stereocenters. The number of amides is 1. The van der Waals surface area contributed by atoms with E-state index < -0.39 is 24.4 Å². The summed E-state index contributed by atoms with van der Waals surface area (Å²) in [7, 11) is 1.44. The second-order valence-electron chi connectivity index (χ2n) is 6.94. The van der Waals surface area contributed by atoms with Crippen molar-refractivity contribution in [3.8, 4) is 11.5 Å². The van der Waals surface area contributed by atoms with Gasteiger partial charge in [-0.2, -0.15) is 11.8 Å². The number of carbonyl (C=O) groups excluding carboxylic acids is 3. The van der Waals surface area contributed by atoms with Crippen molar-refractivity contribution in [3.05, 3.63) is 23.8 Å². The lowest BCUT2D eigenvalue weighted by atomic mass is 10.0. The molecule has 1 saturated heterocycles. The van der Waals surface area contributed by atoms with Gasteiger partial charge in [0.1, 0.15) is 0 Å². The maximum Gasteiger partial charge on any atom is 0.413 e. The number of ketones is 1. The van der Waals surface area contributed by atoms with Crippen LogP contribution >= 0.6 is 11.8 Å². The van der Waals surface area contributed by atoms with Gasteiger partial charge in [-0.3, -0.25) is 9.59 Å². The minimum Gasteiger partial charge on any atom is -0.454 e. The van der Waals surface area contributed by atoms with Crippen molar-refractivity contribution in [3.63, 3.8) is 0 Å². The molecule has 0 saturated carbocycles. The highest BCUT2D eigenvalue weighted by molar-refractivity contribution is 8.00. The van der Waals surface area contributed by atoms with Crippen LogP contribution in [0.3, 0.4) is 0 Å². The molecule has 3 rings (SSSR count). The van der Waals surface area contributed by atoms with E-state index in [4.69, 9.17) is 23.7 Å². The Bertz CT molecular complexity index is 797. The molecule has 2 aliphatic heterocycles. The number of ether oxygens (including phenoxy) is 5. The third-order valence-corrected chi connectivity index (χ3v) is 5.95. The van der Waals surface area contributed by atoms with Crippen LogP contribution in [0.5, 0.6) is 11.5 Å². The molecule has 0 spiro atoms. The summed E-state index contributed by atoms with van der Waals surface area (Å²) < 4.78 is 26.2. The summed E-state index contributed by atoms with van der Waals surface area (Å²) in [6.45, 7) is 3.40. The van der Waals surface area contributed by atoms with Gasteiger partial charge in [0, 0.05) is 31.0 Å². The fourth-order valence-corrected chi connectivity index (χ4v) is 3.36. The van der Waals surface area contributed by atoms with Crippen molar-refractivity contribution in [1.29, 1.82) is 0 Å². The van der Waals surface area contributed by atoms with Crippen molar-refractivity contribution >= 4 is 29.6 Å². The number of esters is 1. The van der Waals surface area contributed by atoms with Crippen LogP contribution in [0, 0.1) is 0 Å². The van der Waals surface area contributed by atoms with E-state index in [1.54, 1.807) is 36.9 Å². The molecule has 0 N–H and O–H groups in total. The van der Waals surface area contributed by atoms with Gasteiger partial charge < -0.3 is 28.6 Å². The number of Topliss-reactive ketones (excluding diaryl/α,β-unsaturated/α-hetero) is 1. The van der Waals surface area contributed by atoms with Crippen LogP contribution in [-0.4, -0.2) is 73.1 Å². The molecule has 0 aliphatic carbocycles. The molecule has 164 valence electrons. The van der Waals surface area contributed by atoms with E-state index in [0.717, 1.165) is 16.4 Å². The summed E-state index contributed by atoms with van der Waals surface area (Å²) in [6, 6.07) is 4.04. The van der Waals surface area contributed by atoms with Gasteiger partial charge in [-0.25, -0.2) is 4.79 Å². The molecule has 1 aromatic rings. The molecule has 10 heteroatoms. The van der Waals surface area contributed by atoms with Crippen LogP contribution in [0.1, 0.15) is 30.6 Å². The Kier molecular flexibility index (Phi) is 7.43. The Labute approximate surface area is 178 Å². The Morgan fingerprint density at radius 2 is 1.90 bits per heavy atom. The molecule has 30 heavy (non-hydrogen) atoms. The minimum atomic E-state index is -1.08. The first-order valence-electron chi connectivity index (χ1n) is 9.61. The second kappa shape index (κ2) is 10.0. The van der Waals surface area contributed by atoms with Crippen LogP contribution in [0.2, 0.25) is 0 Å². The summed E-state index contributed by atoms with van der Waals surface area (Å²) in [4.78, 5) is 38.0. The first kappa shape index (κ1) is 22.2. The lowest BCUT2D eigenvalue weighted by molar-refractivity contribution is -0.167. The average molecular weight is 439 g/mol. The predicted molar refractivity (Wildman–Crippen MR) is 108 cm³/mol. The van der Waals surface area contributed by atoms with Crippen molar-refractivity contribution in [2.45, 2.75) is 38.7 Å². The molecule has 9 nitrogen and oxygen atoms in total. The maximum atomic E-state index is 12.7. The van der Waals surface area contributed by atoms with Crippen LogP contribution in [0.15, 0.2) is 18.2 Å². The van der Waals surface area contributed by atoms with E-state index in [9.17, 15) is 14.4 Å². The number of hydrogen-bond donors (Lipinski definition) is 0. The van der Waals surface area contributed by atoms with Crippen LogP contribution in [0.4, 0.5) is 4.79 Å². The standard InChI is InChI=1S/C20H25NO8S/c1-12(19(23)14-4-5-16-17(8-14)27-11-26-16)21(3)20(24)29-13(2)28-18(22)6-7-25-15-9-30-10-15/h4-5,8,12-13,15H,6-7,9-11H2,1-3H3. The van der Waals surface area contributed by atoms with Gasteiger partial charge >= 0.3 is 12.1 Å². The summed E-state index contributed by atoms with van der Waals surface area (Å²) in [5.41, 5.74) is 0.385. The number of benzene rings is 1. The fraction of sp³-hybridized carbons (Fsp3) is 0.550. The van der Waals surface area contributed by atoms with Crippen molar-refractivity contribution in [1.82, 2.24) is 4.90 Å². The maximum absolute atomic E-state index is 12.7. The van der Waals surface area contributed by atoms with E-state index in [1.807, 2.05) is 0 Å². The van der Waals surface area contributed by atoms with E-state index in [2.05, 4.69) is 0 Å². The zero-order valence-electron chi connectivity index (χ0n) is 17.1. The SMILES string of the molecule is CC(OC(=O)CCOC1CSC1)OC(=O)N(C)C(C)C(=O)c1ccc2c(c1)OCO2. The van der Waals surface area contributed by atoms with Crippen molar-refractivity contribution in [2.75, 3.05) is 32.0 Å². The van der Waals surface area contributed by atoms with Crippen LogP contribution in [-0.2, 0) is 19.0 Å². The molecular weight excluding hydrogens is 414 g/mol. The fourth-order valence-electron chi connectivity index (χ4n) is 2.74. The van der Waals surface area contributed by atoms with Gasteiger partial charge in [0.15, 0.2) is 17.3 Å². The highest BCUT2D eigenvalue weighted by Crippen LogP contribution is 2.33. The van der Waals surface area contributed by atoms with Crippen LogP contribution in [0.25, 0.3) is 0 Å². The molecule has 2 atom stereocenters. The molecule has 1 aromatic carbocycles. The van der Waals surface area contributed by atoms with Gasteiger partial charge in [0.25, 0.3) is 0 Å². The largest absolute Gasteiger partial charge is 0.454 e. The highest BCUT2D eigenvalue weighted by Gasteiger charge is 2.28. The number of likely N-dealkylation sites (N-methyl/N-ethyl adjacent to an activating group) is 1. The number of fused-ring (bicyclic) bond motifs is 1. The van der Waals surface area contributed by atoms with Gasteiger partial charge in [0.2, 0.25) is 13.1 Å². The summed E-state index contributed by atoms with van der Waals surface area (Å²) in [5, 5.41) is 0. The predicted octanol–water partition coefficient (Wildman–Crippen LogP) is 2.47. The van der Waals surface area contributed by atoms with E-state index >= 15 is 0 Å². The lowest BCUT2D eigenvalue weighted by Gasteiger charge is -2.25. The Morgan fingerprint density at radius 3 is 2.60 bits per heavy atom. The molecular formula is C20H25NO8S. The van der Waals surface area contributed by atoms with Gasteiger partial charge in [-0.1, -0.05) is 0 Å². The van der Waals surface area contributed by atoms with Crippen molar-refractivity contribution in [2.24, 2.45) is 0 Å². The minimum absolute atomic E-state index is 0.0812. The zero-order valence-corrected chi connectivity index (χ0v) is 17.9. The van der Waals surface area contributed by atoms with E-state index in [-0.39, 0.29) is 31.7 Å². The molecule has 2 aliphatic rings. The second-order valence-corrected chi connectivity index (χ2v) is 8.02. The third-order valence-electron chi connectivity index (χ3n) is 4.74. The quantitative estimate of drug-likeness (QED) is 0.326. The number of carbonyl (C=O) groups is 3. The molecule has 1 amide bonds. The van der Waals surface area contributed by atoms with Gasteiger partial charge in [-0.15, -0.1) is 0 Å². The Balaban J connectivity index is 1.44. The first-order valence-corrected chi connectivity index (χ1v) is 10.8. The molecule has 1 fully saturated rings. The number of rotatable bonds is 9. The Morgan fingerprint density at radius 1 is 1.17 bits per heavy atom. The first-order chi connectivity index (χ1) is 14.3. The van der Waals surface area contributed by atoms with Crippen molar-refractivity contribution < 1.29 is 38.1 Å². The number of hydrogen-bond acceptors (Lipinski definition) is 9. The summed E-state index contributed by atoms with van der Waals surface area (Å²) in [5.74, 6) is 2.13. The third kappa shape index (κ3) is 5.57. The zero-order chi connectivity index (χ0) is 21.7. The molecule has 2 heterocycles. The number of nitrogens with zero attached hydrogens (tertiary/aromatic N) is 1. The smallest absolute Gasteiger partial charge is 0.413 e. The summed E-state index contributed by atoms with van der Waals surface area (Å²) >= 11 is 1.79. The average Bonchev–Trinajstić information content (AvgIpc) is 3.15. The summed E-state index contributed by atoms with van der Waals surface area (Å²) in [6.07, 6.45) is -1.58. The molecule has 0 radical (unpaired) electrons. The normalized spacial score (nSPS) is 16.9. The molecule has 0 aromatic heterocycles. The lowest BCUT2D eigenvalue weighted by Crippen LogP contribution is -2.42. The molecule has 0 bridgehead atoms. The highest BCUT2D eigenvalue weighted by atomic mass is 32.2. The van der Waals surface area contributed by atoms with Crippen LogP contribution < -0.4 is 9.47 Å². The monoisotopic (exact) mass is 439 g/mol. The Hall–Kier alpha value is -2.46. The van der Waals surface area contributed by atoms with E-state index in [0.29, 0.717) is 17.1 Å². The van der Waals surface area contributed by atoms with E-state index in [1.165, 1.54) is 14.0 Å². The number of thioether (sulfide) groups is 1. The topological polar surface area (TPSA) is 101 Å². The van der Waals surface area contributed by atoms with Gasteiger partial charge in [-0.05, 0) is 25.1 Å². The van der Waals surface area contributed by atoms with Gasteiger partial charge in [0.05, 0.1) is 25.2 Å².